The zero-order chi connectivity index (χ0) is 9.80. The summed E-state index contributed by atoms with van der Waals surface area (Å²) in [5, 5.41) is 12.5. The molecule has 3 nitrogen and oxygen atoms in total. The fourth-order valence-corrected chi connectivity index (χ4v) is 1.88. The lowest BCUT2D eigenvalue weighted by Crippen LogP contribution is -2.53. The van der Waals surface area contributed by atoms with Crippen molar-refractivity contribution in [3.05, 3.63) is 30.3 Å². The number of piperazine rings is 1. The summed E-state index contributed by atoms with van der Waals surface area (Å²) >= 11 is 0. The Morgan fingerprint density at radius 3 is 2.86 bits per heavy atom. The molecule has 1 heterocycles. The fourth-order valence-electron chi connectivity index (χ4n) is 1.88. The number of aliphatic hydroxyl groups is 1. The molecule has 3 heteroatoms. The zero-order valence-corrected chi connectivity index (χ0v) is 8.19. The first-order chi connectivity index (χ1) is 6.92. The lowest BCUT2D eigenvalue weighted by Gasteiger charge is -2.36. The second-order valence-electron chi connectivity index (χ2n) is 3.57. The third-order valence-corrected chi connectivity index (χ3v) is 2.65. The molecular formula is C11H16N2O. The first kappa shape index (κ1) is 9.49. The molecule has 76 valence electrons. The monoisotopic (exact) mass is 192 g/mol. The van der Waals surface area contributed by atoms with Crippen molar-refractivity contribution in [3.8, 4) is 0 Å². The van der Waals surface area contributed by atoms with Crippen molar-refractivity contribution in [2.45, 2.75) is 6.04 Å². The van der Waals surface area contributed by atoms with Gasteiger partial charge in [-0.15, -0.1) is 0 Å². The summed E-state index contributed by atoms with van der Waals surface area (Å²) in [4.78, 5) is 2.26. The molecule has 1 aliphatic rings. The van der Waals surface area contributed by atoms with E-state index in [0.29, 0.717) is 0 Å². The molecule has 1 fully saturated rings. The first-order valence-corrected chi connectivity index (χ1v) is 5.05. The highest BCUT2D eigenvalue weighted by Gasteiger charge is 2.20. The molecule has 1 aromatic rings. The van der Waals surface area contributed by atoms with E-state index < -0.39 is 0 Å². The SMILES string of the molecule is OC[C@H]1CNCCN1c1ccccc1. The van der Waals surface area contributed by atoms with Gasteiger partial charge in [0, 0.05) is 25.3 Å². The van der Waals surface area contributed by atoms with Gasteiger partial charge in [-0.3, -0.25) is 0 Å². The molecule has 0 unspecified atom stereocenters. The molecule has 1 aliphatic heterocycles. The van der Waals surface area contributed by atoms with E-state index in [1.807, 2.05) is 18.2 Å². The summed E-state index contributed by atoms with van der Waals surface area (Å²) < 4.78 is 0. The van der Waals surface area contributed by atoms with E-state index in [0.717, 1.165) is 19.6 Å². The Bertz CT molecular complexity index is 276. The van der Waals surface area contributed by atoms with Crippen LogP contribution in [-0.2, 0) is 0 Å². The number of hydrogen-bond acceptors (Lipinski definition) is 3. The highest BCUT2D eigenvalue weighted by molar-refractivity contribution is 5.47. The topological polar surface area (TPSA) is 35.5 Å². The number of nitrogens with one attached hydrogen (secondary N) is 1. The van der Waals surface area contributed by atoms with Crippen LogP contribution < -0.4 is 10.2 Å². The molecule has 1 atom stereocenters. The lowest BCUT2D eigenvalue weighted by atomic mass is 10.1. The third kappa shape index (κ3) is 1.89. The van der Waals surface area contributed by atoms with E-state index in [2.05, 4.69) is 22.3 Å². The number of rotatable bonds is 2. The second-order valence-corrected chi connectivity index (χ2v) is 3.57. The highest BCUT2D eigenvalue weighted by atomic mass is 16.3. The van der Waals surface area contributed by atoms with Gasteiger partial charge in [0.15, 0.2) is 0 Å². The Morgan fingerprint density at radius 2 is 2.14 bits per heavy atom. The summed E-state index contributed by atoms with van der Waals surface area (Å²) in [6.07, 6.45) is 0. The maximum absolute atomic E-state index is 9.24. The molecule has 0 bridgehead atoms. The van der Waals surface area contributed by atoms with Gasteiger partial charge in [0.2, 0.25) is 0 Å². The van der Waals surface area contributed by atoms with Crippen LogP contribution in [-0.4, -0.2) is 37.4 Å². The predicted molar refractivity (Wildman–Crippen MR) is 57.5 cm³/mol. The predicted octanol–water partition coefficient (Wildman–Crippen LogP) is 0.457. The van der Waals surface area contributed by atoms with Crippen LogP contribution >= 0.6 is 0 Å². The summed E-state index contributed by atoms with van der Waals surface area (Å²) in [5.74, 6) is 0. The fraction of sp³-hybridized carbons (Fsp3) is 0.455. The van der Waals surface area contributed by atoms with Crippen LogP contribution in [0.4, 0.5) is 5.69 Å². The van der Waals surface area contributed by atoms with Gasteiger partial charge in [0.25, 0.3) is 0 Å². The molecule has 0 radical (unpaired) electrons. The number of aliphatic hydroxyl groups excluding tert-OH is 1. The van der Waals surface area contributed by atoms with Crippen LogP contribution in [0.2, 0.25) is 0 Å². The molecular weight excluding hydrogens is 176 g/mol. The Balaban J connectivity index is 2.15. The molecule has 0 amide bonds. The Labute approximate surface area is 84.4 Å². The van der Waals surface area contributed by atoms with Crippen molar-refractivity contribution in [1.82, 2.24) is 5.32 Å². The summed E-state index contributed by atoms with van der Waals surface area (Å²) in [6, 6.07) is 10.5. The van der Waals surface area contributed by atoms with Crippen LogP contribution in [0, 0.1) is 0 Å². The van der Waals surface area contributed by atoms with E-state index in [9.17, 15) is 5.11 Å². The van der Waals surface area contributed by atoms with Gasteiger partial charge < -0.3 is 15.3 Å². The quantitative estimate of drug-likeness (QED) is 0.714. The van der Waals surface area contributed by atoms with Crippen LogP contribution in [0.15, 0.2) is 30.3 Å². The van der Waals surface area contributed by atoms with Gasteiger partial charge in [0.1, 0.15) is 0 Å². The van der Waals surface area contributed by atoms with Crippen LogP contribution in [0.5, 0.6) is 0 Å². The second kappa shape index (κ2) is 4.44. The van der Waals surface area contributed by atoms with E-state index in [4.69, 9.17) is 0 Å². The van der Waals surface area contributed by atoms with Gasteiger partial charge in [-0.1, -0.05) is 18.2 Å². The molecule has 0 spiro atoms. The number of hydrogen-bond donors (Lipinski definition) is 2. The van der Waals surface area contributed by atoms with Crippen molar-refractivity contribution in [1.29, 1.82) is 0 Å². The maximum Gasteiger partial charge on any atom is 0.0647 e. The summed E-state index contributed by atoms with van der Waals surface area (Å²) in [7, 11) is 0. The van der Waals surface area contributed by atoms with Crippen molar-refractivity contribution >= 4 is 5.69 Å². The van der Waals surface area contributed by atoms with Crippen molar-refractivity contribution in [2.24, 2.45) is 0 Å². The molecule has 2 N–H and O–H groups in total. The Hall–Kier alpha value is -1.06. The Morgan fingerprint density at radius 1 is 1.36 bits per heavy atom. The molecule has 2 rings (SSSR count). The minimum Gasteiger partial charge on any atom is -0.394 e. The smallest absolute Gasteiger partial charge is 0.0647 e. The number of benzene rings is 1. The molecule has 0 aromatic heterocycles. The number of nitrogens with zero attached hydrogens (tertiary/aromatic N) is 1. The highest BCUT2D eigenvalue weighted by Crippen LogP contribution is 2.17. The average Bonchev–Trinajstić information content (AvgIpc) is 2.30. The van der Waals surface area contributed by atoms with Crippen LogP contribution in [0.25, 0.3) is 0 Å². The summed E-state index contributed by atoms with van der Waals surface area (Å²) in [5.41, 5.74) is 1.20. The van der Waals surface area contributed by atoms with Gasteiger partial charge >= 0.3 is 0 Å². The van der Waals surface area contributed by atoms with E-state index >= 15 is 0 Å². The minimum absolute atomic E-state index is 0.210. The first-order valence-electron chi connectivity index (χ1n) is 5.05. The average molecular weight is 192 g/mol. The molecule has 0 saturated carbocycles. The molecule has 14 heavy (non-hydrogen) atoms. The standard InChI is InChI=1S/C11H16N2O/c14-9-11-8-12-6-7-13(11)10-4-2-1-3-5-10/h1-5,11-12,14H,6-9H2/t11-/m1/s1. The van der Waals surface area contributed by atoms with E-state index in [1.165, 1.54) is 5.69 Å². The number of para-hydroxylation sites is 1. The summed E-state index contributed by atoms with van der Waals surface area (Å²) in [6.45, 7) is 3.04. The van der Waals surface area contributed by atoms with Gasteiger partial charge in [-0.05, 0) is 12.1 Å². The van der Waals surface area contributed by atoms with Crippen molar-refractivity contribution < 1.29 is 5.11 Å². The minimum atomic E-state index is 0.210. The van der Waals surface area contributed by atoms with Crippen molar-refractivity contribution in [3.63, 3.8) is 0 Å². The van der Waals surface area contributed by atoms with Gasteiger partial charge in [-0.25, -0.2) is 0 Å². The van der Waals surface area contributed by atoms with E-state index in [-0.39, 0.29) is 12.6 Å². The normalized spacial score (nSPS) is 22.4. The third-order valence-electron chi connectivity index (χ3n) is 2.65. The Kier molecular flexibility index (Phi) is 3.01. The molecule has 1 saturated heterocycles. The van der Waals surface area contributed by atoms with Gasteiger partial charge in [0.05, 0.1) is 12.6 Å². The number of anilines is 1. The largest absolute Gasteiger partial charge is 0.394 e. The van der Waals surface area contributed by atoms with Gasteiger partial charge in [-0.2, -0.15) is 0 Å². The van der Waals surface area contributed by atoms with Crippen LogP contribution in [0.1, 0.15) is 0 Å². The lowest BCUT2D eigenvalue weighted by molar-refractivity contribution is 0.246. The van der Waals surface area contributed by atoms with E-state index in [1.54, 1.807) is 0 Å². The molecule has 1 aromatic carbocycles. The zero-order valence-electron chi connectivity index (χ0n) is 8.19. The van der Waals surface area contributed by atoms with Crippen molar-refractivity contribution in [2.75, 3.05) is 31.1 Å². The molecule has 0 aliphatic carbocycles. The van der Waals surface area contributed by atoms with Crippen LogP contribution in [0.3, 0.4) is 0 Å². The maximum atomic E-state index is 9.24.